The van der Waals surface area contributed by atoms with Crippen molar-refractivity contribution in [3.05, 3.63) is 46.8 Å². The monoisotopic (exact) mass is 380 g/mol. The van der Waals surface area contributed by atoms with Crippen molar-refractivity contribution in [2.45, 2.75) is 38.0 Å². The number of aromatic nitrogens is 2. The number of fused-ring (bicyclic) bond motifs is 2. The van der Waals surface area contributed by atoms with Crippen molar-refractivity contribution in [2.24, 2.45) is 0 Å². The number of anilines is 1. The van der Waals surface area contributed by atoms with Crippen LogP contribution >= 0.6 is 0 Å². The molecule has 0 bridgehead atoms. The van der Waals surface area contributed by atoms with Crippen LogP contribution in [0.4, 0.5) is 5.95 Å². The number of ether oxygens (including phenoxy) is 1. The number of carbonyl (C=O) groups is 1. The Kier molecular flexibility index (Phi) is 4.73. The molecule has 2 aliphatic rings. The molecule has 1 aliphatic heterocycles. The van der Waals surface area contributed by atoms with Crippen LogP contribution in [0.5, 0.6) is 5.75 Å². The Hall–Kier alpha value is -2.63. The lowest BCUT2D eigenvalue weighted by molar-refractivity contribution is 0.0630. The molecular weight excluding hydrogens is 352 g/mol. The summed E-state index contributed by atoms with van der Waals surface area (Å²) in [4.78, 5) is 26.6. The molecule has 1 fully saturated rings. The minimum absolute atomic E-state index is 0.0475. The number of aryl methyl sites for hydroxylation is 2. The molecule has 1 aromatic heterocycles. The Balaban J connectivity index is 1.65. The third-order valence-corrected chi connectivity index (χ3v) is 6.08. The zero-order valence-corrected chi connectivity index (χ0v) is 17.2. The van der Waals surface area contributed by atoms with Crippen LogP contribution in [0.15, 0.2) is 24.4 Å². The van der Waals surface area contributed by atoms with Gasteiger partial charge in [0.25, 0.3) is 5.91 Å². The molecule has 0 saturated carbocycles. The van der Waals surface area contributed by atoms with Gasteiger partial charge in [-0.25, -0.2) is 9.97 Å². The second-order valence-corrected chi connectivity index (χ2v) is 8.25. The predicted molar refractivity (Wildman–Crippen MR) is 109 cm³/mol. The molecular formula is C22H28N4O2. The fourth-order valence-corrected chi connectivity index (χ4v) is 4.60. The summed E-state index contributed by atoms with van der Waals surface area (Å²) in [6.07, 6.45) is 6.04. The van der Waals surface area contributed by atoms with E-state index >= 15 is 0 Å². The molecule has 2 heterocycles. The summed E-state index contributed by atoms with van der Waals surface area (Å²) in [7, 11) is 5.55. The molecule has 4 rings (SSSR count). The number of likely N-dealkylation sites (tertiary alicyclic amines) is 1. The van der Waals surface area contributed by atoms with Gasteiger partial charge in [-0.3, -0.25) is 4.79 Å². The number of nitrogens with zero attached hydrogens (tertiary/aromatic N) is 4. The van der Waals surface area contributed by atoms with E-state index in [9.17, 15) is 4.79 Å². The van der Waals surface area contributed by atoms with Crippen LogP contribution in [0.3, 0.4) is 0 Å². The largest absolute Gasteiger partial charge is 0.496 e. The van der Waals surface area contributed by atoms with Crippen molar-refractivity contribution >= 4 is 11.9 Å². The molecule has 1 amide bonds. The van der Waals surface area contributed by atoms with Crippen molar-refractivity contribution in [2.75, 3.05) is 39.2 Å². The Morgan fingerprint density at radius 1 is 1.29 bits per heavy atom. The smallest absolute Gasteiger partial charge is 0.257 e. The number of methoxy groups -OCH3 is 1. The molecule has 28 heavy (non-hydrogen) atoms. The third-order valence-electron chi connectivity index (χ3n) is 6.08. The Morgan fingerprint density at radius 2 is 2.11 bits per heavy atom. The molecule has 2 aromatic rings. The van der Waals surface area contributed by atoms with Gasteiger partial charge in [0.2, 0.25) is 5.95 Å². The number of amides is 1. The summed E-state index contributed by atoms with van der Waals surface area (Å²) in [5.41, 5.74) is 4.03. The molecule has 1 atom stereocenters. The fraction of sp³-hybridized carbons (Fsp3) is 0.500. The minimum Gasteiger partial charge on any atom is -0.496 e. The van der Waals surface area contributed by atoms with Crippen LogP contribution in [0, 0.1) is 6.92 Å². The van der Waals surface area contributed by atoms with Gasteiger partial charge in [0.1, 0.15) is 5.75 Å². The van der Waals surface area contributed by atoms with Crippen molar-refractivity contribution in [3.63, 3.8) is 0 Å². The Bertz CT molecular complexity index is 907. The molecule has 1 saturated heterocycles. The summed E-state index contributed by atoms with van der Waals surface area (Å²) in [5.74, 6) is 1.43. The first-order valence-electron chi connectivity index (χ1n) is 9.91. The van der Waals surface area contributed by atoms with E-state index in [1.54, 1.807) is 7.11 Å². The van der Waals surface area contributed by atoms with Gasteiger partial charge in [-0.2, -0.15) is 0 Å². The quantitative estimate of drug-likeness (QED) is 0.819. The molecule has 1 unspecified atom stereocenters. The molecule has 0 radical (unpaired) electrons. The van der Waals surface area contributed by atoms with Gasteiger partial charge in [0.05, 0.1) is 18.4 Å². The average molecular weight is 380 g/mol. The first kappa shape index (κ1) is 18.7. The van der Waals surface area contributed by atoms with E-state index in [2.05, 4.69) is 4.98 Å². The fourth-order valence-electron chi connectivity index (χ4n) is 4.60. The van der Waals surface area contributed by atoms with Crippen LogP contribution in [0.2, 0.25) is 0 Å². The molecule has 6 heteroatoms. The molecule has 6 nitrogen and oxygen atoms in total. The van der Waals surface area contributed by atoms with Crippen LogP contribution in [0.25, 0.3) is 0 Å². The Labute approximate surface area is 166 Å². The molecule has 148 valence electrons. The second-order valence-electron chi connectivity index (χ2n) is 8.25. The minimum atomic E-state index is -0.0606. The topological polar surface area (TPSA) is 58.6 Å². The maximum atomic E-state index is 13.3. The second kappa shape index (κ2) is 7.08. The van der Waals surface area contributed by atoms with Crippen molar-refractivity contribution < 1.29 is 9.53 Å². The van der Waals surface area contributed by atoms with Gasteiger partial charge in [-0.15, -0.1) is 0 Å². The van der Waals surface area contributed by atoms with E-state index in [4.69, 9.17) is 9.72 Å². The molecule has 1 spiro atoms. The summed E-state index contributed by atoms with van der Waals surface area (Å²) in [6.45, 7) is 3.49. The number of rotatable bonds is 3. The van der Waals surface area contributed by atoms with E-state index in [-0.39, 0.29) is 11.3 Å². The molecule has 0 N–H and O–H groups in total. The van der Waals surface area contributed by atoms with Crippen LogP contribution in [-0.2, 0) is 11.8 Å². The van der Waals surface area contributed by atoms with Gasteiger partial charge < -0.3 is 14.5 Å². The van der Waals surface area contributed by atoms with E-state index in [0.29, 0.717) is 17.9 Å². The van der Waals surface area contributed by atoms with E-state index in [1.807, 2.05) is 55.2 Å². The zero-order chi connectivity index (χ0) is 19.9. The summed E-state index contributed by atoms with van der Waals surface area (Å²) >= 11 is 0. The number of piperidine rings is 1. The number of hydrogen-bond donors (Lipinski definition) is 0. The highest BCUT2D eigenvalue weighted by Gasteiger charge is 2.45. The van der Waals surface area contributed by atoms with E-state index in [1.165, 1.54) is 5.56 Å². The lowest BCUT2D eigenvalue weighted by atomic mass is 9.77. The average Bonchev–Trinajstić information content (AvgIpc) is 3.04. The lowest BCUT2D eigenvalue weighted by Gasteiger charge is -2.40. The maximum absolute atomic E-state index is 13.3. The summed E-state index contributed by atoms with van der Waals surface area (Å²) < 4.78 is 5.48. The highest BCUT2D eigenvalue weighted by Crippen LogP contribution is 2.44. The third kappa shape index (κ3) is 3.11. The number of carbonyl (C=O) groups excluding carboxylic acids is 1. The van der Waals surface area contributed by atoms with Gasteiger partial charge in [0, 0.05) is 38.8 Å². The van der Waals surface area contributed by atoms with Crippen LogP contribution < -0.4 is 9.64 Å². The van der Waals surface area contributed by atoms with Crippen molar-refractivity contribution in [3.8, 4) is 5.75 Å². The standard InChI is InChI=1S/C22H28N4O2/c1-15-6-7-17(18(12-15)28-4)20(27)26-11-5-9-22(14-26)10-8-16-13-23-21(25(2)3)24-19(16)22/h6-7,12-13H,5,8-11,14H2,1-4H3. The first-order valence-corrected chi connectivity index (χ1v) is 9.91. The van der Waals surface area contributed by atoms with Gasteiger partial charge in [-0.05, 0) is 55.9 Å². The lowest BCUT2D eigenvalue weighted by Crippen LogP contribution is -2.48. The Morgan fingerprint density at radius 3 is 2.86 bits per heavy atom. The van der Waals surface area contributed by atoms with E-state index < -0.39 is 0 Å². The van der Waals surface area contributed by atoms with Crippen molar-refractivity contribution in [1.82, 2.24) is 14.9 Å². The highest BCUT2D eigenvalue weighted by atomic mass is 16.5. The van der Waals surface area contributed by atoms with Gasteiger partial charge >= 0.3 is 0 Å². The highest BCUT2D eigenvalue weighted by molar-refractivity contribution is 5.97. The van der Waals surface area contributed by atoms with E-state index in [0.717, 1.165) is 49.4 Å². The summed E-state index contributed by atoms with van der Waals surface area (Å²) in [5, 5.41) is 0. The maximum Gasteiger partial charge on any atom is 0.257 e. The van der Waals surface area contributed by atoms with Crippen LogP contribution in [-0.4, -0.2) is 55.1 Å². The van der Waals surface area contributed by atoms with Crippen molar-refractivity contribution in [1.29, 1.82) is 0 Å². The normalized spacial score (nSPS) is 20.9. The zero-order valence-electron chi connectivity index (χ0n) is 17.2. The summed E-state index contributed by atoms with van der Waals surface area (Å²) in [6, 6.07) is 5.78. The predicted octanol–water partition coefficient (Wildman–Crippen LogP) is 2.98. The van der Waals surface area contributed by atoms with Gasteiger partial charge in [-0.1, -0.05) is 6.07 Å². The van der Waals surface area contributed by atoms with Crippen LogP contribution in [0.1, 0.15) is 46.4 Å². The number of benzene rings is 1. The molecule has 1 aromatic carbocycles. The number of hydrogen-bond acceptors (Lipinski definition) is 5. The first-order chi connectivity index (χ1) is 13.4. The molecule has 1 aliphatic carbocycles. The van der Waals surface area contributed by atoms with Gasteiger partial charge in [0.15, 0.2) is 0 Å². The SMILES string of the molecule is COc1cc(C)ccc1C(=O)N1CCCC2(CCc3cnc(N(C)C)nc32)C1.